The van der Waals surface area contributed by atoms with E-state index in [1.165, 1.54) is 0 Å². The van der Waals surface area contributed by atoms with Gasteiger partial charge in [-0.15, -0.1) is 12.4 Å². The van der Waals surface area contributed by atoms with Crippen molar-refractivity contribution in [3.8, 4) is 0 Å². The SMILES string of the molecule is Cl.FC1(F)CCC2=Cc3ccccc3NC2C1. The Bertz CT molecular complexity index is 456. The van der Waals surface area contributed by atoms with Gasteiger partial charge in [0.1, 0.15) is 0 Å². The maximum atomic E-state index is 13.3. The molecule has 0 spiro atoms. The second-order valence-corrected chi connectivity index (χ2v) is 4.56. The maximum absolute atomic E-state index is 13.3. The number of rotatable bonds is 0. The molecule has 1 aliphatic heterocycles. The summed E-state index contributed by atoms with van der Waals surface area (Å²) >= 11 is 0. The van der Waals surface area contributed by atoms with E-state index in [-0.39, 0.29) is 31.3 Å². The molecule has 1 aromatic carbocycles. The van der Waals surface area contributed by atoms with Crippen LogP contribution in [-0.4, -0.2) is 12.0 Å². The lowest BCUT2D eigenvalue weighted by molar-refractivity contribution is -0.0273. The molecule has 1 N–H and O–H groups in total. The van der Waals surface area contributed by atoms with Crippen molar-refractivity contribution in [3.63, 3.8) is 0 Å². The number of anilines is 1. The molecule has 92 valence electrons. The van der Waals surface area contributed by atoms with Crippen LogP contribution in [0, 0.1) is 0 Å². The number of fused-ring (bicyclic) bond motifs is 2. The van der Waals surface area contributed by atoms with E-state index in [2.05, 4.69) is 11.4 Å². The molecule has 1 aliphatic carbocycles. The molecule has 3 rings (SSSR count). The summed E-state index contributed by atoms with van der Waals surface area (Å²) in [6, 6.07) is 7.66. The molecule has 1 fully saturated rings. The van der Waals surface area contributed by atoms with Crippen LogP contribution in [0.3, 0.4) is 0 Å². The number of hydrogen-bond acceptors (Lipinski definition) is 1. The molecule has 0 aromatic heterocycles. The van der Waals surface area contributed by atoms with Crippen LogP contribution >= 0.6 is 12.4 Å². The van der Waals surface area contributed by atoms with Crippen molar-refractivity contribution in [1.82, 2.24) is 0 Å². The lowest BCUT2D eigenvalue weighted by Gasteiger charge is -2.35. The molecule has 1 aromatic rings. The molecular weight excluding hydrogens is 244 g/mol. The normalized spacial score (nSPS) is 24.6. The van der Waals surface area contributed by atoms with Gasteiger partial charge in [-0.3, -0.25) is 0 Å². The molecule has 1 atom stereocenters. The molecule has 1 heterocycles. The molecule has 1 unspecified atom stereocenters. The highest BCUT2D eigenvalue weighted by molar-refractivity contribution is 5.85. The number of para-hydroxylation sites is 1. The topological polar surface area (TPSA) is 12.0 Å². The summed E-state index contributed by atoms with van der Waals surface area (Å²) in [5, 5.41) is 3.21. The zero-order chi connectivity index (χ0) is 11.2. The maximum Gasteiger partial charge on any atom is 0.250 e. The van der Waals surface area contributed by atoms with Crippen molar-refractivity contribution in [1.29, 1.82) is 0 Å². The van der Waals surface area contributed by atoms with Crippen molar-refractivity contribution in [2.45, 2.75) is 31.2 Å². The third-order valence-corrected chi connectivity index (χ3v) is 3.36. The van der Waals surface area contributed by atoms with Crippen molar-refractivity contribution in [3.05, 3.63) is 35.4 Å². The third kappa shape index (κ3) is 2.29. The first-order valence-electron chi connectivity index (χ1n) is 5.58. The lowest BCUT2D eigenvalue weighted by atomic mass is 9.84. The number of hydrogen-bond donors (Lipinski definition) is 1. The van der Waals surface area contributed by atoms with Crippen LogP contribution in [0.2, 0.25) is 0 Å². The summed E-state index contributed by atoms with van der Waals surface area (Å²) in [6.07, 6.45) is 2.47. The summed E-state index contributed by atoms with van der Waals surface area (Å²) in [7, 11) is 0. The second-order valence-electron chi connectivity index (χ2n) is 4.56. The zero-order valence-corrected chi connectivity index (χ0v) is 10.1. The van der Waals surface area contributed by atoms with E-state index in [9.17, 15) is 8.78 Å². The summed E-state index contributed by atoms with van der Waals surface area (Å²) < 4.78 is 26.6. The molecule has 0 amide bonds. The van der Waals surface area contributed by atoms with Gasteiger partial charge in [-0.05, 0) is 23.6 Å². The van der Waals surface area contributed by atoms with Crippen LogP contribution in [-0.2, 0) is 0 Å². The van der Waals surface area contributed by atoms with Gasteiger partial charge >= 0.3 is 0 Å². The predicted octanol–water partition coefficient (Wildman–Crippen LogP) is 4.11. The Kier molecular flexibility index (Phi) is 3.13. The van der Waals surface area contributed by atoms with Gasteiger partial charge in [0, 0.05) is 18.5 Å². The van der Waals surface area contributed by atoms with E-state index in [0.29, 0.717) is 6.42 Å². The first kappa shape index (κ1) is 12.4. The quantitative estimate of drug-likeness (QED) is 0.738. The lowest BCUT2D eigenvalue weighted by Crippen LogP contribution is -2.37. The smallest absolute Gasteiger partial charge is 0.250 e. The average molecular weight is 258 g/mol. The van der Waals surface area contributed by atoms with Crippen molar-refractivity contribution in [2.24, 2.45) is 0 Å². The fourth-order valence-electron chi connectivity index (χ4n) is 2.49. The highest BCUT2D eigenvalue weighted by Gasteiger charge is 2.39. The minimum absolute atomic E-state index is 0. The van der Waals surface area contributed by atoms with Crippen LogP contribution in [0.1, 0.15) is 24.8 Å². The number of nitrogens with one attached hydrogen (secondary N) is 1. The van der Waals surface area contributed by atoms with Gasteiger partial charge in [-0.25, -0.2) is 8.78 Å². The standard InChI is InChI=1S/C13H13F2N.ClH/c14-13(15)6-5-10-7-9-3-1-2-4-11(9)16-12(10)8-13;/h1-4,7,12,16H,5-6,8H2;1H. The Hall–Kier alpha value is -1.09. The second kappa shape index (κ2) is 4.30. The molecule has 4 heteroatoms. The highest BCUT2D eigenvalue weighted by atomic mass is 35.5. The van der Waals surface area contributed by atoms with Gasteiger partial charge in [0.05, 0.1) is 6.04 Å². The summed E-state index contributed by atoms with van der Waals surface area (Å²) in [5.41, 5.74) is 3.19. The molecule has 1 saturated carbocycles. The number of alkyl halides is 2. The van der Waals surface area contributed by atoms with Crippen molar-refractivity contribution >= 4 is 24.2 Å². The molecule has 1 nitrogen and oxygen atoms in total. The summed E-state index contributed by atoms with van der Waals surface area (Å²) in [6.45, 7) is 0. The largest absolute Gasteiger partial charge is 0.378 e. The minimum Gasteiger partial charge on any atom is -0.378 e. The van der Waals surface area contributed by atoms with Crippen LogP contribution in [0.25, 0.3) is 6.08 Å². The van der Waals surface area contributed by atoms with E-state index in [4.69, 9.17) is 0 Å². The Morgan fingerprint density at radius 2 is 2.00 bits per heavy atom. The Morgan fingerprint density at radius 3 is 2.82 bits per heavy atom. The highest BCUT2D eigenvalue weighted by Crippen LogP contribution is 2.41. The third-order valence-electron chi connectivity index (χ3n) is 3.36. The van der Waals surface area contributed by atoms with Crippen LogP contribution in [0.5, 0.6) is 0 Å². The van der Waals surface area contributed by atoms with Crippen molar-refractivity contribution < 1.29 is 8.78 Å². The fourth-order valence-corrected chi connectivity index (χ4v) is 2.49. The molecular formula is C13H14ClF2N. The minimum atomic E-state index is -2.51. The molecule has 0 saturated heterocycles. The predicted molar refractivity (Wildman–Crippen MR) is 67.9 cm³/mol. The van der Waals surface area contributed by atoms with Crippen LogP contribution in [0.4, 0.5) is 14.5 Å². The number of halogens is 3. The first-order valence-corrected chi connectivity index (χ1v) is 5.58. The molecule has 0 bridgehead atoms. The van der Waals surface area contributed by atoms with E-state index in [1.807, 2.05) is 24.3 Å². The van der Waals surface area contributed by atoms with Gasteiger partial charge in [0.2, 0.25) is 0 Å². The zero-order valence-electron chi connectivity index (χ0n) is 9.25. The first-order chi connectivity index (χ1) is 7.64. The Labute approximate surface area is 105 Å². The molecule has 2 aliphatic rings. The summed E-state index contributed by atoms with van der Waals surface area (Å²) in [5.74, 6) is -2.51. The van der Waals surface area contributed by atoms with Gasteiger partial charge in [0.15, 0.2) is 0 Å². The van der Waals surface area contributed by atoms with Gasteiger partial charge < -0.3 is 5.32 Å². The molecule has 17 heavy (non-hydrogen) atoms. The Balaban J connectivity index is 0.00000108. The summed E-state index contributed by atoms with van der Waals surface area (Å²) in [4.78, 5) is 0. The van der Waals surface area contributed by atoms with E-state index in [1.54, 1.807) is 0 Å². The van der Waals surface area contributed by atoms with Gasteiger partial charge in [0.25, 0.3) is 5.92 Å². The molecule has 0 radical (unpaired) electrons. The van der Waals surface area contributed by atoms with E-state index < -0.39 is 5.92 Å². The van der Waals surface area contributed by atoms with E-state index >= 15 is 0 Å². The average Bonchev–Trinajstić information content (AvgIpc) is 2.25. The van der Waals surface area contributed by atoms with E-state index in [0.717, 1.165) is 16.8 Å². The Morgan fingerprint density at radius 1 is 1.24 bits per heavy atom. The van der Waals surface area contributed by atoms with Gasteiger partial charge in [-0.1, -0.05) is 24.3 Å². The van der Waals surface area contributed by atoms with Crippen LogP contribution < -0.4 is 5.32 Å². The monoisotopic (exact) mass is 257 g/mol. The fraction of sp³-hybridized carbons (Fsp3) is 0.385. The van der Waals surface area contributed by atoms with Crippen LogP contribution in [0.15, 0.2) is 29.8 Å². The van der Waals surface area contributed by atoms with Crippen molar-refractivity contribution in [2.75, 3.05) is 5.32 Å². The van der Waals surface area contributed by atoms with Gasteiger partial charge in [-0.2, -0.15) is 0 Å². The number of benzene rings is 1.